The zero-order valence-corrected chi connectivity index (χ0v) is 34.5. The van der Waals surface area contributed by atoms with Crippen LogP contribution in [0.15, 0.2) is 36.8 Å². The molecule has 15 nitrogen and oxygen atoms in total. The summed E-state index contributed by atoms with van der Waals surface area (Å²) in [4.78, 5) is 79.3. The lowest BCUT2D eigenvalue weighted by molar-refractivity contribution is -0.129. The Bertz CT molecular complexity index is 1540. The molecule has 1 aliphatic rings. The highest BCUT2D eigenvalue weighted by Crippen LogP contribution is 2.23. The number of ketones is 3. The van der Waals surface area contributed by atoms with Gasteiger partial charge in [-0.1, -0.05) is 53.7 Å². The molecule has 15 heteroatoms. The van der Waals surface area contributed by atoms with Crippen molar-refractivity contribution in [1.82, 2.24) is 25.5 Å². The maximum Gasteiger partial charge on any atom is 0.410 e. The smallest absolute Gasteiger partial charge is 0.410 e. The molecule has 0 bridgehead atoms. The Morgan fingerprint density at radius 2 is 1.33 bits per heavy atom. The predicted octanol–water partition coefficient (Wildman–Crippen LogP) is 3.61. The number of ether oxygens (including phenoxy) is 1. The molecule has 1 saturated heterocycles. The van der Waals surface area contributed by atoms with Crippen LogP contribution in [0.5, 0.6) is 5.75 Å². The summed E-state index contributed by atoms with van der Waals surface area (Å²) in [5.41, 5.74) is 12.7. The van der Waals surface area contributed by atoms with E-state index in [2.05, 4.69) is 20.6 Å². The van der Waals surface area contributed by atoms with Crippen molar-refractivity contribution in [3.05, 3.63) is 48.0 Å². The fraction of sp³-hybridized carbons (Fsp3) is 0.625. The monoisotopic (exact) mass is 771 g/mol. The lowest BCUT2D eigenvalue weighted by atomic mass is 10.0. The molecule has 308 valence electrons. The van der Waals surface area contributed by atoms with E-state index in [-0.39, 0.29) is 64.8 Å². The van der Waals surface area contributed by atoms with E-state index in [4.69, 9.17) is 16.2 Å². The van der Waals surface area contributed by atoms with Gasteiger partial charge >= 0.3 is 6.09 Å². The summed E-state index contributed by atoms with van der Waals surface area (Å²) in [7, 11) is 0. The van der Waals surface area contributed by atoms with Crippen molar-refractivity contribution in [3.8, 4) is 5.75 Å². The number of H-pyrrole nitrogens is 1. The molecule has 0 aliphatic carbocycles. The summed E-state index contributed by atoms with van der Waals surface area (Å²) >= 11 is 0. The van der Waals surface area contributed by atoms with Crippen LogP contribution in [0, 0.1) is 17.8 Å². The lowest BCUT2D eigenvalue weighted by Gasteiger charge is -2.28. The first kappa shape index (κ1) is 48.4. The van der Waals surface area contributed by atoms with Gasteiger partial charge in [0, 0.05) is 42.6 Å². The Kier molecular flexibility index (Phi) is 20.0. The number of likely N-dealkylation sites (tertiary alicyclic amines) is 1. The molecular weight excluding hydrogens is 706 g/mol. The molecule has 2 heterocycles. The van der Waals surface area contributed by atoms with Gasteiger partial charge in [-0.15, -0.1) is 0 Å². The van der Waals surface area contributed by atoms with Crippen LogP contribution in [0.3, 0.4) is 0 Å². The van der Waals surface area contributed by atoms with Crippen LogP contribution >= 0.6 is 0 Å². The Balaban J connectivity index is 0.000000414. The van der Waals surface area contributed by atoms with Crippen molar-refractivity contribution in [2.75, 3.05) is 6.54 Å². The quantitative estimate of drug-likeness (QED) is 0.162. The number of aromatic amines is 1. The molecule has 0 spiro atoms. The molecule has 2 aromatic rings. The summed E-state index contributed by atoms with van der Waals surface area (Å²) in [5.74, 6) is -0.667. The number of nitrogens with two attached hydrogens (primary N) is 2. The van der Waals surface area contributed by atoms with E-state index < -0.39 is 29.8 Å². The van der Waals surface area contributed by atoms with E-state index >= 15 is 0 Å². The van der Waals surface area contributed by atoms with Crippen LogP contribution in [-0.4, -0.2) is 97.6 Å². The van der Waals surface area contributed by atoms with Gasteiger partial charge in [0.25, 0.3) is 0 Å². The lowest BCUT2D eigenvalue weighted by Crippen LogP contribution is -2.48. The van der Waals surface area contributed by atoms with Crippen LogP contribution in [0.2, 0.25) is 0 Å². The van der Waals surface area contributed by atoms with Crippen LogP contribution in [0.1, 0.15) is 100 Å². The number of phenolic OH excluding ortho intramolecular Hbond substituents is 1. The van der Waals surface area contributed by atoms with E-state index in [1.165, 1.54) is 6.33 Å². The van der Waals surface area contributed by atoms with Crippen molar-refractivity contribution in [1.29, 1.82) is 0 Å². The first-order valence-corrected chi connectivity index (χ1v) is 18.9. The van der Waals surface area contributed by atoms with E-state index in [9.17, 15) is 33.9 Å². The van der Waals surface area contributed by atoms with E-state index in [0.29, 0.717) is 19.4 Å². The standard InChI is InChI=1S/C15H22N2O3.C13H23NO3.C12H20N4O2/c1-9(2)14(19)10(3)17-15(20)13(16)8-11-4-6-12(18)7-5-11;1-9(2)11(15)10-7-6-8-14(10)12(16)17-13(3,4)5;1-7(2)11(17)8(3)16-12(18)10(13)4-9-5-14-6-15-9/h4-7,9-10,13,18H,8,16H2,1-3H3,(H,17,20);9-10H,6-8H2,1-5H3;5-8,10H,4,13H2,1-3H3,(H,14,15)(H,16,18)/t10-,13-;10-;8-,10-/m000/s1. The Labute approximate surface area is 326 Å². The minimum Gasteiger partial charge on any atom is -0.508 e. The van der Waals surface area contributed by atoms with Gasteiger partial charge in [-0.2, -0.15) is 0 Å². The minimum atomic E-state index is -0.720. The second-order valence-corrected chi connectivity index (χ2v) is 15.8. The molecular formula is C40H65N7O8. The average Bonchev–Trinajstić information content (AvgIpc) is 3.80. The molecule has 1 aromatic heterocycles. The van der Waals surface area contributed by atoms with Gasteiger partial charge in [0.05, 0.1) is 36.5 Å². The number of hydrogen-bond donors (Lipinski definition) is 6. The van der Waals surface area contributed by atoms with Crippen LogP contribution in [0.25, 0.3) is 0 Å². The van der Waals surface area contributed by atoms with E-state index in [1.54, 1.807) is 76.9 Å². The van der Waals surface area contributed by atoms with Crippen molar-refractivity contribution in [2.24, 2.45) is 29.2 Å². The van der Waals surface area contributed by atoms with Crippen molar-refractivity contribution >= 4 is 35.3 Å². The second-order valence-electron chi connectivity index (χ2n) is 15.8. The Morgan fingerprint density at radius 1 is 0.836 bits per heavy atom. The van der Waals surface area contributed by atoms with Crippen molar-refractivity contribution < 1.29 is 38.6 Å². The molecule has 1 aliphatic heterocycles. The number of aromatic nitrogens is 2. The summed E-state index contributed by atoms with van der Waals surface area (Å²) in [6.07, 6.45) is 5.15. The zero-order valence-electron chi connectivity index (χ0n) is 34.5. The van der Waals surface area contributed by atoms with E-state index in [0.717, 1.165) is 24.1 Å². The highest BCUT2D eigenvalue weighted by Gasteiger charge is 2.37. The third-order valence-electron chi connectivity index (χ3n) is 8.55. The van der Waals surface area contributed by atoms with Crippen LogP contribution in [0.4, 0.5) is 4.79 Å². The SMILES string of the molecule is CC(C)C(=O)[C@@H]1CCCN1C(=O)OC(C)(C)C.CC(C)C(=O)[C@H](C)NC(=O)[C@@H](N)Cc1ccc(O)cc1.CC(C)C(=O)[C@H](C)NC(=O)[C@@H](N)Cc1cnc[nH]1. The van der Waals surface area contributed by atoms with Gasteiger partial charge < -0.3 is 36.9 Å². The molecule has 55 heavy (non-hydrogen) atoms. The van der Waals surface area contributed by atoms with Gasteiger partial charge in [0.15, 0.2) is 17.3 Å². The molecule has 5 atom stereocenters. The largest absolute Gasteiger partial charge is 0.508 e. The van der Waals surface area contributed by atoms with Gasteiger partial charge in [0.1, 0.15) is 11.4 Å². The van der Waals surface area contributed by atoms with Crippen molar-refractivity contribution in [2.45, 2.75) is 138 Å². The van der Waals surface area contributed by atoms with Crippen LogP contribution < -0.4 is 22.1 Å². The average molecular weight is 772 g/mol. The maximum absolute atomic E-state index is 12.0. The normalized spacial score (nSPS) is 16.1. The molecule has 1 fully saturated rings. The molecule has 3 amide bonds. The number of benzene rings is 1. The Hall–Kier alpha value is -4.63. The molecule has 0 saturated carbocycles. The molecule has 8 N–H and O–H groups in total. The molecule has 3 rings (SSSR count). The highest BCUT2D eigenvalue weighted by atomic mass is 16.6. The number of nitrogens with one attached hydrogen (secondary N) is 3. The number of imidazole rings is 1. The first-order valence-electron chi connectivity index (χ1n) is 18.9. The number of aromatic hydroxyl groups is 1. The third-order valence-corrected chi connectivity index (χ3v) is 8.55. The highest BCUT2D eigenvalue weighted by molar-refractivity contribution is 5.92. The van der Waals surface area contributed by atoms with Gasteiger partial charge in [0.2, 0.25) is 11.8 Å². The molecule has 1 aromatic carbocycles. The van der Waals surface area contributed by atoms with Gasteiger partial charge in [-0.25, -0.2) is 9.78 Å². The summed E-state index contributed by atoms with van der Waals surface area (Å²) < 4.78 is 5.32. The number of carbonyl (C=O) groups is 6. The number of amides is 3. The Morgan fingerprint density at radius 3 is 1.75 bits per heavy atom. The zero-order chi connectivity index (χ0) is 42.2. The second kappa shape index (κ2) is 22.7. The predicted molar refractivity (Wildman–Crippen MR) is 211 cm³/mol. The maximum atomic E-state index is 12.0. The van der Waals surface area contributed by atoms with Gasteiger partial charge in [-0.3, -0.25) is 28.9 Å². The fourth-order valence-corrected chi connectivity index (χ4v) is 5.47. The fourth-order valence-electron chi connectivity index (χ4n) is 5.47. The summed E-state index contributed by atoms with van der Waals surface area (Å²) in [6, 6.07) is 3.78. The van der Waals surface area contributed by atoms with Gasteiger partial charge in [-0.05, 0) is 71.6 Å². The number of rotatable bonds is 14. The summed E-state index contributed by atoms with van der Waals surface area (Å²) in [5, 5.41) is 14.4. The van der Waals surface area contributed by atoms with Crippen LogP contribution in [-0.2, 0) is 41.6 Å². The minimum absolute atomic E-state index is 0.00269. The number of carbonyl (C=O) groups excluding carboxylic acids is 6. The molecule has 0 radical (unpaired) electrons. The third kappa shape index (κ3) is 17.6. The van der Waals surface area contributed by atoms with Crippen molar-refractivity contribution in [3.63, 3.8) is 0 Å². The first-order chi connectivity index (χ1) is 25.4. The number of Topliss-reactive ketones (excluding diaryl/α,β-unsaturated/α-hetero) is 3. The topological polar surface area (TPSA) is 240 Å². The number of hydrogen-bond acceptors (Lipinski definition) is 11. The summed E-state index contributed by atoms with van der Waals surface area (Å²) in [6.45, 7) is 20.4. The molecule has 0 unspecified atom stereocenters. The van der Waals surface area contributed by atoms with E-state index in [1.807, 2.05) is 34.6 Å². The number of phenols is 1. The number of nitrogens with zero attached hydrogens (tertiary/aromatic N) is 2.